The zero-order valence-electron chi connectivity index (χ0n) is 15.1. The summed E-state index contributed by atoms with van der Waals surface area (Å²) in [6, 6.07) is 12.8. The first kappa shape index (κ1) is 18.9. The number of hydrogen-bond acceptors (Lipinski definition) is 3. The number of nitrogens with zero attached hydrogens (tertiary/aromatic N) is 2. The maximum absolute atomic E-state index is 12.9. The molecule has 7 heteroatoms. The monoisotopic (exact) mass is 404 g/mol. The first-order valence-electron chi connectivity index (χ1n) is 9.23. The van der Waals surface area contributed by atoms with E-state index in [1.807, 2.05) is 24.3 Å². The number of thiazole rings is 1. The van der Waals surface area contributed by atoms with Gasteiger partial charge in [0.25, 0.3) is 0 Å². The number of para-hydroxylation sites is 1. The van der Waals surface area contributed by atoms with Crippen LogP contribution in [0, 0.1) is 0 Å². The second kappa shape index (κ2) is 7.54. The zero-order valence-corrected chi connectivity index (χ0v) is 15.9. The molecule has 1 unspecified atom stereocenters. The lowest BCUT2D eigenvalue weighted by atomic mass is 10.0. The van der Waals surface area contributed by atoms with Crippen molar-refractivity contribution in [3.8, 4) is 0 Å². The van der Waals surface area contributed by atoms with Crippen LogP contribution in [-0.4, -0.2) is 22.3 Å². The number of piperidine rings is 1. The van der Waals surface area contributed by atoms with E-state index in [0.29, 0.717) is 12.1 Å². The Kier molecular flexibility index (Phi) is 5.10. The molecule has 0 spiro atoms. The van der Waals surface area contributed by atoms with Crippen molar-refractivity contribution < 1.29 is 18.0 Å². The van der Waals surface area contributed by atoms with E-state index < -0.39 is 11.7 Å². The summed E-state index contributed by atoms with van der Waals surface area (Å²) in [7, 11) is 0. The third-order valence-electron chi connectivity index (χ3n) is 5.03. The highest BCUT2D eigenvalue weighted by atomic mass is 32.1. The summed E-state index contributed by atoms with van der Waals surface area (Å²) in [5.74, 6) is -0.150. The van der Waals surface area contributed by atoms with E-state index in [2.05, 4.69) is 0 Å². The van der Waals surface area contributed by atoms with Crippen LogP contribution in [0.15, 0.2) is 48.5 Å². The highest BCUT2D eigenvalue weighted by Crippen LogP contribution is 2.36. The molecule has 0 N–H and O–H groups in total. The molecule has 1 fully saturated rings. The molecule has 1 saturated heterocycles. The maximum atomic E-state index is 12.9. The largest absolute Gasteiger partial charge is 0.416 e. The van der Waals surface area contributed by atoms with E-state index in [0.717, 1.165) is 46.6 Å². The van der Waals surface area contributed by atoms with Crippen molar-refractivity contribution in [1.82, 2.24) is 9.88 Å². The van der Waals surface area contributed by atoms with Crippen LogP contribution < -0.4 is 0 Å². The lowest BCUT2D eigenvalue weighted by molar-refractivity contribution is -0.138. The number of amides is 1. The first-order valence-corrected chi connectivity index (χ1v) is 10.0. The molecule has 0 aliphatic carbocycles. The molecule has 2 heterocycles. The van der Waals surface area contributed by atoms with Crippen molar-refractivity contribution in [3.05, 3.63) is 64.7 Å². The van der Waals surface area contributed by atoms with Gasteiger partial charge in [0, 0.05) is 6.54 Å². The summed E-state index contributed by atoms with van der Waals surface area (Å²) in [6.07, 6.45) is -1.71. The minimum Gasteiger partial charge on any atom is -0.333 e. The molecular formula is C21H19F3N2OS. The minimum absolute atomic E-state index is 0.0364. The minimum atomic E-state index is -4.41. The number of hydrogen-bond donors (Lipinski definition) is 0. The van der Waals surface area contributed by atoms with Gasteiger partial charge in [0.2, 0.25) is 5.91 Å². The molecule has 4 rings (SSSR count). The van der Waals surface area contributed by atoms with Gasteiger partial charge in [-0.1, -0.05) is 30.3 Å². The van der Waals surface area contributed by atoms with E-state index >= 15 is 0 Å². The average Bonchev–Trinajstić information content (AvgIpc) is 3.11. The third-order valence-corrected chi connectivity index (χ3v) is 6.17. The van der Waals surface area contributed by atoms with Crippen LogP contribution in [-0.2, 0) is 17.4 Å². The van der Waals surface area contributed by atoms with Crippen molar-refractivity contribution in [1.29, 1.82) is 0 Å². The van der Waals surface area contributed by atoms with Gasteiger partial charge < -0.3 is 4.90 Å². The van der Waals surface area contributed by atoms with E-state index in [1.165, 1.54) is 6.07 Å². The van der Waals surface area contributed by atoms with Crippen LogP contribution in [0.2, 0.25) is 0 Å². The van der Waals surface area contributed by atoms with Crippen LogP contribution in [0.5, 0.6) is 0 Å². The zero-order chi connectivity index (χ0) is 19.7. The molecule has 0 bridgehead atoms. The standard InChI is InChI=1S/C21H19F3N2OS/c22-21(23,24)15-7-5-6-14(12-15)13-19(27)26-11-4-3-9-17(26)20-25-16-8-1-2-10-18(16)28-20/h1-2,5-8,10,12,17H,3-4,9,11,13H2. The number of carbonyl (C=O) groups excluding carboxylic acids is 1. The predicted molar refractivity (Wildman–Crippen MR) is 103 cm³/mol. The van der Waals surface area contributed by atoms with Crippen molar-refractivity contribution in [2.75, 3.05) is 6.54 Å². The van der Waals surface area contributed by atoms with Crippen LogP contribution in [0.3, 0.4) is 0 Å². The molecule has 1 aromatic heterocycles. The van der Waals surface area contributed by atoms with Gasteiger partial charge >= 0.3 is 6.18 Å². The fraction of sp³-hybridized carbons (Fsp3) is 0.333. The molecule has 146 valence electrons. The Balaban J connectivity index is 1.56. The Labute approximate surface area is 164 Å². The Morgan fingerprint density at radius 1 is 1.14 bits per heavy atom. The van der Waals surface area contributed by atoms with Crippen LogP contribution in [0.1, 0.15) is 41.4 Å². The highest BCUT2D eigenvalue weighted by molar-refractivity contribution is 7.18. The maximum Gasteiger partial charge on any atom is 0.416 e. The van der Waals surface area contributed by atoms with Crippen LogP contribution in [0.25, 0.3) is 10.2 Å². The number of alkyl halides is 3. The number of halogens is 3. The molecule has 2 aromatic carbocycles. The van der Waals surface area contributed by atoms with Gasteiger partial charge in [-0.2, -0.15) is 13.2 Å². The van der Waals surface area contributed by atoms with Gasteiger partial charge in [0.05, 0.1) is 28.2 Å². The van der Waals surface area contributed by atoms with Crippen LogP contribution in [0.4, 0.5) is 13.2 Å². The van der Waals surface area contributed by atoms with E-state index in [1.54, 1.807) is 22.3 Å². The van der Waals surface area contributed by atoms with Gasteiger partial charge in [0.15, 0.2) is 0 Å². The average molecular weight is 404 g/mol. The number of carbonyl (C=O) groups is 1. The van der Waals surface area contributed by atoms with Gasteiger partial charge in [-0.3, -0.25) is 4.79 Å². The second-order valence-corrected chi connectivity index (χ2v) is 8.06. The summed E-state index contributed by atoms with van der Waals surface area (Å²) < 4.78 is 39.9. The number of fused-ring (bicyclic) bond motifs is 1. The normalized spacial score (nSPS) is 17.8. The molecule has 1 aliphatic heterocycles. The molecule has 1 aliphatic rings. The molecule has 0 saturated carbocycles. The second-order valence-electron chi connectivity index (χ2n) is 6.99. The van der Waals surface area contributed by atoms with Gasteiger partial charge in [0.1, 0.15) is 5.01 Å². The van der Waals surface area contributed by atoms with Gasteiger partial charge in [-0.25, -0.2) is 4.98 Å². The fourth-order valence-corrected chi connectivity index (χ4v) is 4.77. The van der Waals surface area contributed by atoms with E-state index in [-0.39, 0.29) is 18.4 Å². The van der Waals surface area contributed by atoms with Crippen molar-refractivity contribution >= 4 is 27.5 Å². The first-order chi connectivity index (χ1) is 13.4. The van der Waals surface area contributed by atoms with Crippen molar-refractivity contribution in [2.24, 2.45) is 0 Å². The Bertz CT molecular complexity index is 965. The third kappa shape index (κ3) is 3.90. The number of aromatic nitrogens is 1. The summed E-state index contributed by atoms with van der Waals surface area (Å²) in [4.78, 5) is 19.4. The molecular weight excluding hydrogens is 385 g/mol. The molecule has 3 nitrogen and oxygen atoms in total. The topological polar surface area (TPSA) is 33.2 Å². The Morgan fingerprint density at radius 3 is 2.75 bits per heavy atom. The summed E-state index contributed by atoms with van der Waals surface area (Å²) in [5.41, 5.74) is 0.575. The van der Waals surface area contributed by atoms with E-state index in [9.17, 15) is 18.0 Å². The summed E-state index contributed by atoms with van der Waals surface area (Å²) in [5, 5.41) is 0.901. The van der Waals surface area contributed by atoms with Gasteiger partial charge in [-0.15, -0.1) is 11.3 Å². The molecule has 0 radical (unpaired) electrons. The smallest absolute Gasteiger partial charge is 0.333 e. The van der Waals surface area contributed by atoms with E-state index in [4.69, 9.17) is 4.98 Å². The molecule has 1 atom stereocenters. The lowest BCUT2D eigenvalue weighted by Gasteiger charge is -2.34. The summed E-state index contributed by atoms with van der Waals surface area (Å²) in [6.45, 7) is 0.610. The highest BCUT2D eigenvalue weighted by Gasteiger charge is 2.32. The predicted octanol–water partition coefficient (Wildman–Crippen LogP) is 5.61. The van der Waals surface area contributed by atoms with Crippen molar-refractivity contribution in [2.45, 2.75) is 37.9 Å². The number of likely N-dealkylation sites (tertiary alicyclic amines) is 1. The fourth-order valence-electron chi connectivity index (χ4n) is 3.65. The lowest BCUT2D eigenvalue weighted by Crippen LogP contribution is -2.39. The number of rotatable bonds is 3. The Morgan fingerprint density at radius 2 is 1.96 bits per heavy atom. The molecule has 28 heavy (non-hydrogen) atoms. The van der Waals surface area contributed by atoms with Gasteiger partial charge in [-0.05, 0) is 43.0 Å². The molecule has 3 aromatic rings. The summed E-state index contributed by atoms with van der Waals surface area (Å²) >= 11 is 1.58. The quantitative estimate of drug-likeness (QED) is 0.568. The number of benzene rings is 2. The van der Waals surface area contributed by atoms with Crippen LogP contribution >= 0.6 is 11.3 Å². The SMILES string of the molecule is O=C(Cc1cccc(C(F)(F)F)c1)N1CCCCC1c1nc2ccccc2s1. The molecule has 1 amide bonds. The van der Waals surface area contributed by atoms with Crippen molar-refractivity contribution in [3.63, 3.8) is 0 Å². The Hall–Kier alpha value is -2.41.